The summed E-state index contributed by atoms with van der Waals surface area (Å²) >= 11 is -8.68. The van der Waals surface area contributed by atoms with E-state index in [1.165, 1.54) is 0 Å². The maximum absolute atomic E-state index is 13.0. The van der Waals surface area contributed by atoms with E-state index >= 15 is 0 Å². The first-order valence-corrected chi connectivity index (χ1v) is 9.89. The summed E-state index contributed by atoms with van der Waals surface area (Å²) in [6.07, 6.45) is 0. The number of nitrogens with zero attached hydrogens (tertiary/aromatic N) is 1. The molecule has 0 fully saturated rings. The standard InChI is InChI=1S/C11H8F9GeNO/c1-6(22-23)7-3-2-4-8(5-7)21(9(12,13)14,10(15,16)17)11(18,19)20/h2-5,23H,1H3. The molecule has 0 saturated carbocycles. The van der Waals surface area contributed by atoms with Crippen molar-refractivity contribution in [3.8, 4) is 0 Å². The van der Waals surface area contributed by atoms with Crippen molar-refractivity contribution >= 4 is 23.4 Å². The summed E-state index contributed by atoms with van der Waals surface area (Å²) in [5.74, 6) is 0. The van der Waals surface area contributed by atoms with Crippen LogP contribution in [0.1, 0.15) is 12.5 Å². The summed E-state index contributed by atoms with van der Waals surface area (Å²) < 4.78 is 115. The third-order valence-electron chi connectivity index (χ3n) is 3.14. The van der Waals surface area contributed by atoms with E-state index in [0.717, 1.165) is 13.0 Å². The summed E-state index contributed by atoms with van der Waals surface area (Å²) in [5.41, 5.74) is -0.896. The van der Waals surface area contributed by atoms with Crippen molar-refractivity contribution in [2.45, 2.75) is 22.0 Å². The van der Waals surface area contributed by atoms with Crippen LogP contribution in [-0.4, -0.2) is 39.2 Å². The second kappa shape index (κ2) is 5.91. The van der Waals surface area contributed by atoms with Crippen LogP contribution in [0.5, 0.6) is 0 Å². The molecule has 0 aliphatic heterocycles. The number of benzene rings is 1. The first kappa shape index (κ1) is 19.6. The predicted molar refractivity (Wildman–Crippen MR) is 64.0 cm³/mol. The number of oxime groups is 1. The molecule has 0 aliphatic rings. The van der Waals surface area contributed by atoms with Gasteiger partial charge in [-0.25, -0.2) is 0 Å². The van der Waals surface area contributed by atoms with Crippen molar-refractivity contribution in [2.75, 3.05) is 0 Å². The molecule has 1 rings (SSSR count). The van der Waals surface area contributed by atoms with E-state index in [2.05, 4.69) is 5.16 Å². The Hall–Kier alpha value is -1.40. The Balaban J connectivity index is 3.87. The summed E-state index contributed by atoms with van der Waals surface area (Å²) in [5, 5.41) is -8.44. The van der Waals surface area contributed by atoms with Gasteiger partial charge in [0.15, 0.2) is 0 Å². The van der Waals surface area contributed by atoms with Crippen molar-refractivity contribution < 1.29 is 44.7 Å². The molecule has 1 N–H and O–H groups in total. The third-order valence-corrected chi connectivity index (χ3v) is 11.0. The third kappa shape index (κ3) is 3.15. The molecule has 0 bridgehead atoms. The fourth-order valence-corrected chi connectivity index (χ4v) is 7.60. The van der Waals surface area contributed by atoms with Crippen LogP contribution in [0, 0.1) is 0 Å². The van der Waals surface area contributed by atoms with Gasteiger partial charge in [-0.15, -0.1) is 0 Å². The molecule has 1 aromatic carbocycles. The molecule has 1 aromatic rings. The second-order valence-electron chi connectivity index (χ2n) is 4.51. The van der Waals surface area contributed by atoms with Crippen LogP contribution in [0.3, 0.4) is 0 Å². The molecule has 0 atom stereocenters. The number of hydrogen-bond donors (Lipinski definition) is 1. The summed E-state index contributed by atoms with van der Waals surface area (Å²) in [7, 11) is 0. The fourth-order valence-electron chi connectivity index (χ4n) is 2.01. The van der Waals surface area contributed by atoms with Crippen LogP contribution >= 0.6 is 0 Å². The van der Waals surface area contributed by atoms with E-state index in [0.29, 0.717) is 6.07 Å². The zero-order valence-corrected chi connectivity index (χ0v) is 13.2. The van der Waals surface area contributed by atoms with Gasteiger partial charge >= 0.3 is 125 Å². The van der Waals surface area contributed by atoms with E-state index in [-0.39, 0.29) is 12.1 Å². The van der Waals surface area contributed by atoms with Crippen LogP contribution in [0.2, 0.25) is 0 Å². The Morgan fingerprint density at radius 1 is 0.913 bits per heavy atom. The number of hydrogen-bond acceptors (Lipinski definition) is 2. The first-order chi connectivity index (χ1) is 10.2. The summed E-state index contributed by atoms with van der Waals surface area (Å²) in [6, 6.07) is 1.85. The van der Waals surface area contributed by atoms with Crippen LogP contribution < -0.4 is 4.40 Å². The van der Waals surface area contributed by atoms with Gasteiger partial charge in [0.05, 0.1) is 0 Å². The molecule has 12 heteroatoms. The van der Waals surface area contributed by atoms with Crippen molar-refractivity contribution in [2.24, 2.45) is 5.16 Å². The minimum absolute atomic E-state index is 0.128. The molecule has 0 saturated heterocycles. The quantitative estimate of drug-likeness (QED) is 0.258. The van der Waals surface area contributed by atoms with E-state index < -0.39 is 44.0 Å². The number of rotatable bonds is 2. The Bertz CT molecular complexity index is 567. The first-order valence-electron chi connectivity index (χ1n) is 5.70. The fraction of sp³-hybridized carbons (Fsp3) is 0.364. The Labute approximate surface area is 125 Å². The molecule has 0 aromatic heterocycles. The molecule has 0 spiro atoms. The van der Waals surface area contributed by atoms with Gasteiger partial charge in [-0.3, -0.25) is 0 Å². The molecule has 130 valence electrons. The van der Waals surface area contributed by atoms with Crippen molar-refractivity contribution in [1.82, 2.24) is 0 Å². The Kier molecular flexibility index (Phi) is 5.05. The van der Waals surface area contributed by atoms with E-state index in [4.69, 9.17) is 5.21 Å². The number of alkyl halides is 9. The van der Waals surface area contributed by atoms with Crippen LogP contribution in [0.15, 0.2) is 29.4 Å². The van der Waals surface area contributed by atoms with Crippen molar-refractivity contribution in [1.29, 1.82) is 0 Å². The average Bonchev–Trinajstić information content (AvgIpc) is 2.33. The second-order valence-corrected chi connectivity index (χ2v) is 12.4. The minimum atomic E-state index is -8.68. The van der Waals surface area contributed by atoms with Gasteiger partial charge < -0.3 is 0 Å². The molecule has 0 amide bonds. The molecule has 0 aliphatic carbocycles. The maximum atomic E-state index is 13.0. The Morgan fingerprint density at radius 3 is 1.70 bits per heavy atom. The van der Waals surface area contributed by atoms with Gasteiger partial charge in [0.2, 0.25) is 0 Å². The molecule has 0 radical (unpaired) electrons. The molecule has 0 unspecified atom stereocenters. The van der Waals surface area contributed by atoms with Gasteiger partial charge in [0, 0.05) is 0 Å². The normalized spacial score (nSPS) is 15.0. The molecule has 0 heterocycles. The molecular weight excluding hydrogens is 406 g/mol. The summed E-state index contributed by atoms with van der Waals surface area (Å²) in [6.45, 7) is 1.02. The van der Waals surface area contributed by atoms with Crippen molar-refractivity contribution in [3.63, 3.8) is 0 Å². The van der Waals surface area contributed by atoms with E-state index in [1.54, 1.807) is 0 Å². The van der Waals surface area contributed by atoms with Crippen LogP contribution in [0.25, 0.3) is 0 Å². The van der Waals surface area contributed by atoms with Gasteiger partial charge in [-0.05, 0) is 0 Å². The summed E-state index contributed by atoms with van der Waals surface area (Å²) in [4.78, 5) is 0. The van der Waals surface area contributed by atoms with E-state index in [9.17, 15) is 39.5 Å². The molecule has 23 heavy (non-hydrogen) atoms. The van der Waals surface area contributed by atoms with Crippen LogP contribution in [-0.2, 0) is 0 Å². The zero-order valence-electron chi connectivity index (χ0n) is 11.1. The van der Waals surface area contributed by atoms with Gasteiger partial charge in [0.25, 0.3) is 0 Å². The van der Waals surface area contributed by atoms with Gasteiger partial charge in [-0.1, -0.05) is 0 Å². The van der Waals surface area contributed by atoms with Crippen molar-refractivity contribution in [3.05, 3.63) is 29.8 Å². The predicted octanol–water partition coefficient (Wildman–Crippen LogP) is 3.85. The van der Waals surface area contributed by atoms with Gasteiger partial charge in [-0.2, -0.15) is 0 Å². The Morgan fingerprint density at radius 2 is 1.35 bits per heavy atom. The average molecular weight is 414 g/mol. The van der Waals surface area contributed by atoms with Crippen LogP contribution in [0.4, 0.5) is 39.5 Å². The van der Waals surface area contributed by atoms with Gasteiger partial charge in [0.1, 0.15) is 0 Å². The topological polar surface area (TPSA) is 32.6 Å². The molecular formula is C11H8F9GeNO. The van der Waals surface area contributed by atoms with E-state index in [1.807, 2.05) is 0 Å². The number of halogens is 9. The monoisotopic (exact) mass is 415 g/mol. The SMILES string of the molecule is CC(=NO)c1ccc[c]([Ge]([C](F)(F)F)([C](F)(F)F)[C](F)(F)F)c1. The zero-order chi connectivity index (χ0) is 18.3. The molecule has 2 nitrogen and oxygen atoms in total.